The van der Waals surface area contributed by atoms with Crippen LogP contribution in [-0.4, -0.2) is 28.5 Å². The van der Waals surface area contributed by atoms with Crippen molar-refractivity contribution in [1.82, 2.24) is 15.3 Å². The lowest BCUT2D eigenvalue weighted by molar-refractivity contribution is 0.751. The monoisotopic (exact) mass is 223 g/mol. The van der Waals surface area contributed by atoms with Gasteiger partial charge in [-0.1, -0.05) is 0 Å². The van der Waals surface area contributed by atoms with E-state index in [4.69, 9.17) is 0 Å². The summed E-state index contributed by atoms with van der Waals surface area (Å²) in [7, 11) is 1.97. The van der Waals surface area contributed by atoms with Crippen molar-refractivity contribution in [2.45, 2.75) is 26.3 Å². The highest BCUT2D eigenvalue weighted by atomic mass is 32.2. The fraction of sp³-hybridized carbons (Fsp3) is 0.636. The average molecular weight is 223 g/mol. The molecule has 1 aromatic rings. The van der Waals surface area contributed by atoms with Crippen LogP contribution in [0.1, 0.15) is 22.8 Å². The Balaban J connectivity index is 2.40. The van der Waals surface area contributed by atoms with E-state index in [1.165, 1.54) is 28.5 Å². The molecule has 1 aromatic heterocycles. The van der Waals surface area contributed by atoms with Crippen LogP contribution in [0.2, 0.25) is 0 Å². The number of thioether (sulfide) groups is 1. The quantitative estimate of drug-likeness (QED) is 0.821. The zero-order valence-electron chi connectivity index (χ0n) is 9.34. The maximum atomic E-state index is 4.56. The molecule has 1 aliphatic heterocycles. The molecule has 0 amide bonds. The first kappa shape index (κ1) is 10.9. The molecule has 1 N–H and O–H groups in total. The molecule has 82 valence electrons. The molecule has 0 saturated carbocycles. The highest BCUT2D eigenvalue weighted by Gasteiger charge is 2.14. The van der Waals surface area contributed by atoms with Gasteiger partial charge < -0.3 is 5.32 Å². The van der Waals surface area contributed by atoms with Gasteiger partial charge in [0.05, 0.1) is 5.69 Å². The number of hydrogen-bond donors (Lipinski definition) is 1. The van der Waals surface area contributed by atoms with Gasteiger partial charge in [0.15, 0.2) is 0 Å². The maximum Gasteiger partial charge on any atom is 0.125 e. The summed E-state index contributed by atoms with van der Waals surface area (Å²) >= 11 is 2.02. The van der Waals surface area contributed by atoms with E-state index in [0.29, 0.717) is 0 Å². The Bertz CT molecular complexity index is 352. The summed E-state index contributed by atoms with van der Waals surface area (Å²) in [4.78, 5) is 9.10. The molecule has 0 atom stereocenters. The van der Waals surface area contributed by atoms with Gasteiger partial charge in [-0.25, -0.2) is 9.97 Å². The molecule has 0 fully saturated rings. The Labute approximate surface area is 95.1 Å². The van der Waals surface area contributed by atoms with Crippen LogP contribution >= 0.6 is 11.8 Å². The van der Waals surface area contributed by atoms with Gasteiger partial charge in [0, 0.05) is 12.2 Å². The van der Waals surface area contributed by atoms with Gasteiger partial charge in [0.1, 0.15) is 5.82 Å². The fourth-order valence-electron chi connectivity index (χ4n) is 1.97. The van der Waals surface area contributed by atoms with Crippen molar-refractivity contribution in [2.24, 2.45) is 0 Å². The Kier molecular flexibility index (Phi) is 3.59. The normalized spacial score (nSPS) is 15.9. The van der Waals surface area contributed by atoms with Crippen molar-refractivity contribution in [1.29, 1.82) is 0 Å². The number of nitrogens with one attached hydrogen (secondary N) is 1. The van der Waals surface area contributed by atoms with Gasteiger partial charge in [0.25, 0.3) is 0 Å². The third-order valence-electron chi connectivity index (χ3n) is 2.61. The molecular formula is C11H17N3S. The number of fused-ring (bicyclic) bond motifs is 1. The Morgan fingerprint density at radius 1 is 1.27 bits per heavy atom. The second-order valence-corrected chi connectivity index (χ2v) is 5.01. The lowest BCUT2D eigenvalue weighted by Crippen LogP contribution is -2.14. The number of nitrogens with zero attached hydrogens (tertiary/aromatic N) is 2. The van der Waals surface area contributed by atoms with E-state index >= 15 is 0 Å². The van der Waals surface area contributed by atoms with Gasteiger partial charge in [-0.05, 0) is 43.9 Å². The molecule has 1 aliphatic rings. The first-order chi connectivity index (χ1) is 7.31. The Morgan fingerprint density at radius 3 is 2.87 bits per heavy atom. The summed E-state index contributed by atoms with van der Waals surface area (Å²) in [6, 6.07) is 0. The second-order valence-electron chi connectivity index (χ2n) is 3.79. The SMILES string of the molecule is CNCc1nc(C)nc2c1CCSCC2. The van der Waals surface area contributed by atoms with Crippen LogP contribution in [0.15, 0.2) is 0 Å². The summed E-state index contributed by atoms with van der Waals surface area (Å²) < 4.78 is 0. The molecular weight excluding hydrogens is 206 g/mol. The van der Waals surface area contributed by atoms with Crippen molar-refractivity contribution in [3.05, 3.63) is 22.8 Å². The third-order valence-corrected chi connectivity index (χ3v) is 3.60. The van der Waals surface area contributed by atoms with E-state index in [9.17, 15) is 0 Å². The van der Waals surface area contributed by atoms with E-state index < -0.39 is 0 Å². The molecule has 0 saturated heterocycles. The minimum absolute atomic E-state index is 0.857. The molecule has 0 bridgehead atoms. The summed E-state index contributed by atoms with van der Waals surface area (Å²) in [5, 5.41) is 3.18. The molecule has 0 unspecified atom stereocenters. The topological polar surface area (TPSA) is 37.8 Å². The molecule has 4 heteroatoms. The second kappa shape index (κ2) is 4.94. The van der Waals surface area contributed by atoms with Crippen LogP contribution in [0, 0.1) is 6.92 Å². The van der Waals surface area contributed by atoms with E-state index in [2.05, 4.69) is 15.3 Å². The van der Waals surface area contributed by atoms with Gasteiger partial charge in [-0.15, -0.1) is 0 Å². The van der Waals surface area contributed by atoms with Crippen molar-refractivity contribution < 1.29 is 0 Å². The predicted molar refractivity (Wildman–Crippen MR) is 64.3 cm³/mol. The highest BCUT2D eigenvalue weighted by molar-refractivity contribution is 7.99. The number of hydrogen-bond acceptors (Lipinski definition) is 4. The molecule has 0 aliphatic carbocycles. The van der Waals surface area contributed by atoms with Crippen molar-refractivity contribution in [3.63, 3.8) is 0 Å². The third kappa shape index (κ3) is 2.49. The maximum absolute atomic E-state index is 4.56. The zero-order valence-corrected chi connectivity index (χ0v) is 10.2. The Hall–Kier alpha value is -0.610. The molecule has 3 nitrogen and oxygen atoms in total. The van der Waals surface area contributed by atoms with Crippen LogP contribution in [0.25, 0.3) is 0 Å². The number of aromatic nitrogens is 2. The molecule has 15 heavy (non-hydrogen) atoms. The number of rotatable bonds is 2. The summed E-state index contributed by atoms with van der Waals surface area (Å²) in [5.41, 5.74) is 3.86. The van der Waals surface area contributed by atoms with Crippen LogP contribution in [0.4, 0.5) is 0 Å². The molecule has 0 spiro atoms. The lowest BCUT2D eigenvalue weighted by atomic mass is 10.1. The van der Waals surface area contributed by atoms with Crippen molar-refractivity contribution in [3.8, 4) is 0 Å². The van der Waals surface area contributed by atoms with Gasteiger partial charge in [-0.3, -0.25) is 0 Å². The zero-order chi connectivity index (χ0) is 10.7. The van der Waals surface area contributed by atoms with Crippen LogP contribution in [-0.2, 0) is 19.4 Å². The standard InChI is InChI=1S/C11H17N3S/c1-8-13-10-4-6-15-5-3-9(10)11(14-8)7-12-2/h12H,3-7H2,1-2H3. The minimum Gasteiger partial charge on any atom is -0.314 e. The average Bonchev–Trinajstić information content (AvgIpc) is 2.43. The van der Waals surface area contributed by atoms with E-state index in [1.807, 2.05) is 25.7 Å². The van der Waals surface area contributed by atoms with Gasteiger partial charge in [0.2, 0.25) is 0 Å². The van der Waals surface area contributed by atoms with Crippen molar-refractivity contribution in [2.75, 3.05) is 18.6 Å². The number of aryl methyl sites for hydroxylation is 2. The lowest BCUT2D eigenvalue weighted by Gasteiger charge is -2.11. The van der Waals surface area contributed by atoms with Crippen molar-refractivity contribution >= 4 is 11.8 Å². The molecule has 2 rings (SSSR count). The van der Waals surface area contributed by atoms with Crippen LogP contribution in [0.5, 0.6) is 0 Å². The van der Waals surface area contributed by atoms with E-state index in [1.54, 1.807) is 0 Å². The first-order valence-electron chi connectivity index (χ1n) is 5.39. The van der Waals surface area contributed by atoms with Gasteiger partial charge >= 0.3 is 0 Å². The highest BCUT2D eigenvalue weighted by Crippen LogP contribution is 2.20. The van der Waals surface area contributed by atoms with Crippen LogP contribution in [0.3, 0.4) is 0 Å². The first-order valence-corrected chi connectivity index (χ1v) is 6.54. The van der Waals surface area contributed by atoms with Gasteiger partial charge in [-0.2, -0.15) is 11.8 Å². The summed E-state index contributed by atoms with van der Waals surface area (Å²) in [5.74, 6) is 3.31. The van der Waals surface area contributed by atoms with E-state index in [-0.39, 0.29) is 0 Å². The summed E-state index contributed by atoms with van der Waals surface area (Å²) in [6.07, 6.45) is 2.22. The molecule has 0 aromatic carbocycles. The fourth-order valence-corrected chi connectivity index (χ4v) is 2.86. The van der Waals surface area contributed by atoms with Crippen LogP contribution < -0.4 is 5.32 Å². The molecule has 0 radical (unpaired) electrons. The van der Waals surface area contributed by atoms with E-state index in [0.717, 1.165) is 25.2 Å². The predicted octanol–water partition coefficient (Wildman–Crippen LogP) is 1.34. The minimum atomic E-state index is 0.857. The largest absolute Gasteiger partial charge is 0.314 e. The molecule has 2 heterocycles. The Morgan fingerprint density at radius 2 is 2.07 bits per heavy atom. The smallest absolute Gasteiger partial charge is 0.125 e. The summed E-state index contributed by atoms with van der Waals surface area (Å²) in [6.45, 7) is 2.84.